The largest absolute Gasteiger partial charge is 0.481 e. The van der Waals surface area contributed by atoms with Gasteiger partial charge in [0.1, 0.15) is 12.1 Å². The van der Waals surface area contributed by atoms with Crippen LogP contribution in [0.15, 0.2) is 60.7 Å². The van der Waals surface area contributed by atoms with E-state index in [0.29, 0.717) is 11.1 Å². The summed E-state index contributed by atoms with van der Waals surface area (Å²) in [6.07, 6.45) is -1.62. The fourth-order valence-corrected chi connectivity index (χ4v) is 3.45. The summed E-state index contributed by atoms with van der Waals surface area (Å²) in [6, 6.07) is 11.1. The molecule has 0 saturated heterocycles. The molecule has 0 aliphatic rings. The zero-order valence-electron chi connectivity index (χ0n) is 20.8. The van der Waals surface area contributed by atoms with E-state index in [-0.39, 0.29) is 12.8 Å². The number of carboxylic acids is 2. The molecule has 2 amide bonds. The van der Waals surface area contributed by atoms with Gasteiger partial charge in [0, 0.05) is 12.8 Å². The van der Waals surface area contributed by atoms with Crippen molar-refractivity contribution in [3.05, 3.63) is 71.8 Å². The fourth-order valence-electron chi connectivity index (χ4n) is 3.45. The van der Waals surface area contributed by atoms with Crippen LogP contribution in [-0.2, 0) is 46.3 Å². The molecular formula is C26H30N4O9. The van der Waals surface area contributed by atoms with E-state index in [0.717, 1.165) is 0 Å². The van der Waals surface area contributed by atoms with Crippen molar-refractivity contribution < 1.29 is 43.7 Å². The van der Waals surface area contributed by atoms with Gasteiger partial charge < -0.3 is 37.1 Å². The van der Waals surface area contributed by atoms with Crippen LogP contribution in [0.25, 0.3) is 0 Å². The number of ether oxygens (including phenoxy) is 1. The van der Waals surface area contributed by atoms with Crippen molar-refractivity contribution >= 4 is 35.7 Å². The molecule has 0 unspecified atom stereocenters. The zero-order chi connectivity index (χ0) is 28.9. The molecule has 13 heteroatoms. The van der Waals surface area contributed by atoms with Gasteiger partial charge in [-0.1, -0.05) is 60.7 Å². The van der Waals surface area contributed by atoms with Crippen LogP contribution in [0.2, 0.25) is 0 Å². The van der Waals surface area contributed by atoms with E-state index in [2.05, 4.69) is 10.6 Å². The number of nitrogens with one attached hydrogen (secondary N) is 2. The maximum absolute atomic E-state index is 13.0. The summed E-state index contributed by atoms with van der Waals surface area (Å²) < 4.78 is 5.02. The number of hydrogen-bond donors (Lipinski definition) is 6. The highest BCUT2D eigenvalue weighted by molar-refractivity contribution is 5.96. The number of amides is 2. The van der Waals surface area contributed by atoms with Crippen LogP contribution in [0.4, 0.5) is 0 Å². The first-order valence-electron chi connectivity index (χ1n) is 11.8. The summed E-state index contributed by atoms with van der Waals surface area (Å²) in [4.78, 5) is 72.8. The van der Waals surface area contributed by atoms with E-state index in [1.165, 1.54) is 0 Å². The van der Waals surface area contributed by atoms with Gasteiger partial charge >= 0.3 is 23.9 Å². The number of benzene rings is 2. The van der Waals surface area contributed by atoms with Crippen molar-refractivity contribution in [2.24, 2.45) is 11.5 Å². The molecule has 2 rings (SSSR count). The van der Waals surface area contributed by atoms with Crippen LogP contribution in [0, 0.1) is 0 Å². The molecule has 0 heterocycles. The summed E-state index contributed by atoms with van der Waals surface area (Å²) in [5.41, 5.74) is 12.4. The van der Waals surface area contributed by atoms with Gasteiger partial charge in [0.25, 0.3) is 0 Å². The SMILES string of the molecule is N[C@@H](CC(=O)O)C(=O)N[C@@H](Cc1ccccc1)C(=O)OC(=O)[C@H](Cc1ccccc1)NC(=O)[C@@H](N)CC(=O)O. The molecule has 0 radical (unpaired) electrons. The summed E-state index contributed by atoms with van der Waals surface area (Å²) >= 11 is 0. The van der Waals surface area contributed by atoms with Gasteiger partial charge in [-0.2, -0.15) is 0 Å². The van der Waals surface area contributed by atoms with E-state index >= 15 is 0 Å². The quantitative estimate of drug-likeness (QED) is 0.127. The minimum Gasteiger partial charge on any atom is -0.481 e. The lowest BCUT2D eigenvalue weighted by Crippen LogP contribution is -2.53. The lowest BCUT2D eigenvalue weighted by Gasteiger charge is -2.22. The van der Waals surface area contributed by atoms with Crippen LogP contribution in [0.1, 0.15) is 24.0 Å². The molecule has 4 atom stereocenters. The number of hydrogen-bond acceptors (Lipinski definition) is 9. The highest BCUT2D eigenvalue weighted by Crippen LogP contribution is 2.09. The molecule has 208 valence electrons. The van der Waals surface area contributed by atoms with E-state index in [4.69, 9.17) is 26.4 Å². The molecule has 0 aliphatic carbocycles. The first-order valence-corrected chi connectivity index (χ1v) is 11.8. The maximum Gasteiger partial charge on any atom is 0.336 e. The summed E-state index contributed by atoms with van der Waals surface area (Å²) in [6.45, 7) is 0. The second kappa shape index (κ2) is 15.0. The fraction of sp³-hybridized carbons (Fsp3) is 0.308. The van der Waals surface area contributed by atoms with Gasteiger partial charge in [0.2, 0.25) is 11.8 Å². The van der Waals surface area contributed by atoms with Crippen molar-refractivity contribution in [1.29, 1.82) is 0 Å². The summed E-state index contributed by atoms with van der Waals surface area (Å²) in [5.74, 6) is -6.90. The summed E-state index contributed by atoms with van der Waals surface area (Å²) in [5, 5.41) is 22.4. The van der Waals surface area contributed by atoms with Gasteiger partial charge in [-0.3, -0.25) is 19.2 Å². The lowest BCUT2D eigenvalue weighted by atomic mass is 10.0. The van der Waals surface area contributed by atoms with E-state index in [9.17, 15) is 28.8 Å². The minimum atomic E-state index is -1.47. The third-order valence-electron chi connectivity index (χ3n) is 5.43. The Morgan fingerprint density at radius 2 is 0.974 bits per heavy atom. The van der Waals surface area contributed by atoms with Crippen molar-refractivity contribution in [3.8, 4) is 0 Å². The molecule has 0 aromatic heterocycles. The first-order chi connectivity index (χ1) is 18.5. The number of carbonyl (C=O) groups is 6. The van der Waals surface area contributed by atoms with Crippen LogP contribution in [0.5, 0.6) is 0 Å². The lowest BCUT2D eigenvalue weighted by molar-refractivity contribution is -0.164. The van der Waals surface area contributed by atoms with Crippen LogP contribution >= 0.6 is 0 Å². The number of aliphatic carboxylic acids is 2. The Hall–Kier alpha value is -4.62. The smallest absolute Gasteiger partial charge is 0.336 e. The van der Waals surface area contributed by atoms with E-state index in [1.54, 1.807) is 60.7 Å². The number of carbonyl (C=O) groups excluding carboxylic acids is 4. The highest BCUT2D eigenvalue weighted by atomic mass is 16.6. The predicted octanol–water partition coefficient (Wildman–Crippen LogP) is -0.885. The Labute approximate surface area is 223 Å². The number of rotatable bonds is 14. The van der Waals surface area contributed by atoms with Crippen molar-refractivity contribution in [2.45, 2.75) is 49.9 Å². The third-order valence-corrected chi connectivity index (χ3v) is 5.43. The number of esters is 2. The van der Waals surface area contributed by atoms with Gasteiger partial charge in [0.15, 0.2) is 0 Å². The highest BCUT2D eigenvalue weighted by Gasteiger charge is 2.32. The van der Waals surface area contributed by atoms with Crippen LogP contribution in [0.3, 0.4) is 0 Å². The molecule has 2 aromatic carbocycles. The average molecular weight is 543 g/mol. The van der Waals surface area contributed by atoms with Gasteiger partial charge in [-0.05, 0) is 11.1 Å². The standard InChI is InChI=1S/C26H30N4O9/c27-17(13-21(31)32)23(35)29-19(11-15-7-3-1-4-8-15)25(37)39-26(38)20(12-16-9-5-2-6-10-16)30-24(36)18(28)14-22(33)34/h1-10,17-20H,11-14,27-28H2,(H,29,35)(H,30,36)(H,31,32)(H,33,34)/t17-,18-,19-,20-/m0/s1. The Morgan fingerprint density at radius 3 is 1.28 bits per heavy atom. The Kier molecular flexibility index (Phi) is 11.7. The Bertz CT molecular complexity index is 1080. The maximum atomic E-state index is 13.0. The molecule has 0 bridgehead atoms. The topological polar surface area (TPSA) is 228 Å². The second-order valence-corrected chi connectivity index (χ2v) is 8.65. The van der Waals surface area contributed by atoms with Gasteiger partial charge in [0.05, 0.1) is 24.9 Å². The number of carboxylic acid groups (broad SMARTS) is 2. The van der Waals surface area contributed by atoms with E-state index in [1.807, 2.05) is 0 Å². The number of nitrogens with two attached hydrogens (primary N) is 2. The van der Waals surface area contributed by atoms with Crippen LogP contribution in [-0.4, -0.2) is 70.1 Å². The molecule has 0 fully saturated rings. The molecule has 13 nitrogen and oxygen atoms in total. The van der Waals surface area contributed by atoms with Crippen molar-refractivity contribution in [1.82, 2.24) is 10.6 Å². The Balaban J connectivity index is 2.23. The van der Waals surface area contributed by atoms with Gasteiger partial charge in [-0.15, -0.1) is 0 Å². The molecule has 0 spiro atoms. The first kappa shape index (κ1) is 30.6. The molecule has 0 aliphatic heterocycles. The molecular weight excluding hydrogens is 512 g/mol. The van der Waals surface area contributed by atoms with Crippen molar-refractivity contribution in [2.75, 3.05) is 0 Å². The molecule has 0 saturated carbocycles. The van der Waals surface area contributed by atoms with Crippen LogP contribution < -0.4 is 22.1 Å². The van der Waals surface area contributed by atoms with Crippen molar-refractivity contribution in [3.63, 3.8) is 0 Å². The average Bonchev–Trinajstić information content (AvgIpc) is 2.88. The predicted molar refractivity (Wildman–Crippen MR) is 136 cm³/mol. The molecule has 8 N–H and O–H groups in total. The molecule has 2 aromatic rings. The Morgan fingerprint density at radius 1 is 0.641 bits per heavy atom. The monoisotopic (exact) mass is 542 g/mol. The van der Waals surface area contributed by atoms with E-state index < -0.39 is 72.7 Å². The normalized spacial score (nSPS) is 13.7. The second-order valence-electron chi connectivity index (χ2n) is 8.65. The zero-order valence-corrected chi connectivity index (χ0v) is 20.8. The third kappa shape index (κ3) is 10.7. The molecule has 39 heavy (non-hydrogen) atoms. The van der Waals surface area contributed by atoms with Gasteiger partial charge in [-0.25, -0.2) is 9.59 Å². The minimum absolute atomic E-state index is 0.113. The summed E-state index contributed by atoms with van der Waals surface area (Å²) in [7, 11) is 0.